The molecule has 1 aliphatic rings. The number of nitrogens with zero attached hydrogens (tertiary/aromatic N) is 1. The molecule has 194 valence electrons. The molecule has 12 heteroatoms. The quantitative estimate of drug-likeness (QED) is 0.406. The van der Waals surface area contributed by atoms with E-state index in [1.165, 1.54) is 57.7 Å². The third kappa shape index (κ3) is 5.01. The minimum absolute atomic E-state index is 0.0187. The molecule has 0 saturated carbocycles. The number of nitrogens with one attached hydrogen (secondary N) is 2. The smallest absolute Gasteiger partial charge is 0.416 e. The van der Waals surface area contributed by atoms with Crippen molar-refractivity contribution in [2.45, 2.75) is 12.3 Å². The average molecular weight is 580 g/mol. The van der Waals surface area contributed by atoms with E-state index in [1.807, 2.05) is 0 Å². The molecule has 0 spiro atoms. The Morgan fingerprint density at radius 2 is 1.65 bits per heavy atom. The number of benzene rings is 3. The second-order valence-corrected chi connectivity index (χ2v) is 8.77. The van der Waals surface area contributed by atoms with Crippen molar-refractivity contribution in [1.29, 1.82) is 0 Å². The SMILES string of the molecule is COc1cc(C(=O)NN2C(=O)c3cc(Br)ccc3N[C@H]2c2ccccc2C(F)(F)F)cc(OC)c1OC. The molecule has 2 N–H and O–H groups in total. The van der Waals surface area contributed by atoms with Gasteiger partial charge >= 0.3 is 6.18 Å². The van der Waals surface area contributed by atoms with Gasteiger partial charge in [0.2, 0.25) is 5.75 Å². The van der Waals surface area contributed by atoms with Crippen LogP contribution in [0, 0.1) is 0 Å². The van der Waals surface area contributed by atoms with Crippen molar-refractivity contribution in [3.8, 4) is 17.2 Å². The monoisotopic (exact) mass is 579 g/mol. The van der Waals surface area contributed by atoms with Crippen LogP contribution in [0.2, 0.25) is 0 Å². The molecule has 3 aromatic rings. The number of anilines is 1. The molecule has 0 unspecified atom stereocenters. The summed E-state index contributed by atoms with van der Waals surface area (Å²) in [7, 11) is 4.14. The number of hydrogen-bond donors (Lipinski definition) is 2. The third-order valence-electron chi connectivity index (χ3n) is 5.69. The van der Waals surface area contributed by atoms with Gasteiger partial charge in [0.15, 0.2) is 11.5 Å². The van der Waals surface area contributed by atoms with Gasteiger partial charge in [0.1, 0.15) is 6.17 Å². The number of carbonyl (C=O) groups is 2. The van der Waals surface area contributed by atoms with Crippen LogP contribution in [0.25, 0.3) is 0 Å². The first-order chi connectivity index (χ1) is 17.6. The van der Waals surface area contributed by atoms with Gasteiger partial charge in [-0.3, -0.25) is 15.0 Å². The highest BCUT2D eigenvalue weighted by atomic mass is 79.9. The van der Waals surface area contributed by atoms with E-state index in [9.17, 15) is 22.8 Å². The molecule has 0 aliphatic carbocycles. The molecule has 2 amide bonds. The minimum atomic E-state index is -4.70. The van der Waals surface area contributed by atoms with E-state index in [0.29, 0.717) is 10.2 Å². The summed E-state index contributed by atoms with van der Waals surface area (Å²) in [6.07, 6.45) is -6.07. The summed E-state index contributed by atoms with van der Waals surface area (Å²) >= 11 is 3.29. The Bertz CT molecular complexity index is 1340. The predicted octanol–water partition coefficient (Wildman–Crippen LogP) is 5.41. The number of alkyl halides is 3. The molecular weight excluding hydrogens is 559 g/mol. The number of carbonyl (C=O) groups excluding carboxylic acids is 2. The van der Waals surface area contributed by atoms with E-state index in [-0.39, 0.29) is 33.9 Å². The fraction of sp³-hybridized carbons (Fsp3) is 0.200. The molecule has 1 aliphatic heterocycles. The van der Waals surface area contributed by atoms with Crippen molar-refractivity contribution in [3.63, 3.8) is 0 Å². The van der Waals surface area contributed by atoms with Crippen molar-refractivity contribution < 1.29 is 37.0 Å². The van der Waals surface area contributed by atoms with E-state index in [1.54, 1.807) is 12.1 Å². The van der Waals surface area contributed by atoms with E-state index in [2.05, 4.69) is 26.7 Å². The topological polar surface area (TPSA) is 89.1 Å². The van der Waals surface area contributed by atoms with Crippen LogP contribution in [-0.2, 0) is 6.18 Å². The maximum absolute atomic E-state index is 13.9. The van der Waals surface area contributed by atoms with Crippen molar-refractivity contribution in [2.24, 2.45) is 0 Å². The molecule has 4 rings (SSSR count). The summed E-state index contributed by atoms with van der Waals surface area (Å²) in [5.41, 5.74) is 1.75. The number of ether oxygens (including phenoxy) is 3. The van der Waals surface area contributed by atoms with Crippen molar-refractivity contribution in [3.05, 3.63) is 81.3 Å². The lowest BCUT2D eigenvalue weighted by atomic mass is 10.0. The first-order valence-corrected chi connectivity index (χ1v) is 11.5. The number of rotatable bonds is 6. The van der Waals surface area contributed by atoms with Crippen LogP contribution in [0.4, 0.5) is 18.9 Å². The Kier molecular flexibility index (Phi) is 7.21. The second kappa shape index (κ2) is 10.2. The fourth-order valence-corrected chi connectivity index (χ4v) is 4.35. The molecule has 0 radical (unpaired) electrons. The lowest BCUT2D eigenvalue weighted by molar-refractivity contribution is -0.138. The fourth-order valence-electron chi connectivity index (χ4n) is 3.99. The molecule has 1 heterocycles. The maximum Gasteiger partial charge on any atom is 0.416 e. The van der Waals surface area contributed by atoms with Crippen LogP contribution < -0.4 is 25.0 Å². The zero-order chi connectivity index (χ0) is 26.9. The Morgan fingerprint density at radius 3 is 2.24 bits per heavy atom. The summed E-state index contributed by atoms with van der Waals surface area (Å²) in [6.45, 7) is 0. The molecule has 1 atom stereocenters. The van der Waals surface area contributed by atoms with Crippen molar-refractivity contribution >= 4 is 33.4 Å². The molecule has 0 bridgehead atoms. The second-order valence-electron chi connectivity index (χ2n) is 7.85. The summed E-state index contributed by atoms with van der Waals surface area (Å²) in [5.74, 6) is -0.889. The molecule has 0 aromatic heterocycles. The van der Waals surface area contributed by atoms with Crippen molar-refractivity contribution in [2.75, 3.05) is 26.6 Å². The molecule has 0 fully saturated rings. The van der Waals surface area contributed by atoms with Gasteiger partial charge in [-0.25, -0.2) is 5.01 Å². The lowest BCUT2D eigenvalue weighted by Crippen LogP contribution is -2.53. The van der Waals surface area contributed by atoms with Gasteiger partial charge in [-0.15, -0.1) is 0 Å². The zero-order valence-electron chi connectivity index (χ0n) is 19.8. The van der Waals surface area contributed by atoms with Crippen LogP contribution >= 0.6 is 15.9 Å². The summed E-state index contributed by atoms with van der Waals surface area (Å²) < 4.78 is 58.0. The normalized spacial score (nSPS) is 14.9. The molecule has 3 aromatic carbocycles. The Hall–Kier alpha value is -3.93. The van der Waals surface area contributed by atoms with Gasteiger partial charge in [-0.2, -0.15) is 13.2 Å². The van der Waals surface area contributed by atoms with Crippen molar-refractivity contribution in [1.82, 2.24) is 10.4 Å². The lowest BCUT2D eigenvalue weighted by Gasteiger charge is -2.38. The number of amides is 2. The average Bonchev–Trinajstić information content (AvgIpc) is 2.88. The van der Waals surface area contributed by atoms with E-state index in [0.717, 1.165) is 11.1 Å². The van der Waals surface area contributed by atoms with Crippen LogP contribution in [0.15, 0.2) is 59.1 Å². The highest BCUT2D eigenvalue weighted by Crippen LogP contribution is 2.41. The summed E-state index contributed by atoms with van der Waals surface area (Å²) in [5, 5.41) is 3.79. The Morgan fingerprint density at radius 1 is 1.00 bits per heavy atom. The largest absolute Gasteiger partial charge is 0.493 e. The van der Waals surface area contributed by atoms with Crippen LogP contribution in [0.5, 0.6) is 17.2 Å². The first kappa shape index (κ1) is 26.1. The third-order valence-corrected chi connectivity index (χ3v) is 6.18. The number of methoxy groups -OCH3 is 3. The Balaban J connectivity index is 1.80. The van der Waals surface area contributed by atoms with Gasteiger partial charge in [0.25, 0.3) is 11.8 Å². The van der Waals surface area contributed by atoms with Gasteiger partial charge in [-0.1, -0.05) is 34.1 Å². The highest BCUT2D eigenvalue weighted by Gasteiger charge is 2.41. The van der Waals surface area contributed by atoms with Gasteiger partial charge in [0, 0.05) is 21.3 Å². The van der Waals surface area contributed by atoms with Crippen LogP contribution in [-0.4, -0.2) is 38.2 Å². The predicted molar refractivity (Wildman–Crippen MR) is 132 cm³/mol. The van der Waals surface area contributed by atoms with E-state index in [4.69, 9.17) is 14.2 Å². The number of hydrazine groups is 1. The summed E-state index contributed by atoms with van der Waals surface area (Å²) in [6, 6.07) is 12.3. The molecule has 8 nitrogen and oxygen atoms in total. The van der Waals surface area contributed by atoms with E-state index >= 15 is 0 Å². The molecular formula is C25H21BrF3N3O5. The zero-order valence-corrected chi connectivity index (χ0v) is 21.4. The van der Waals surface area contributed by atoms with E-state index < -0.39 is 29.7 Å². The standard InChI is InChI=1S/C25H21BrF3N3O5/c1-35-19-10-13(11-20(36-2)21(19)37-3)23(33)31-32-22(15-6-4-5-7-17(15)25(27,28)29)30-18-9-8-14(26)12-16(18)24(32)34/h4-12,22,30H,1-3H3,(H,31,33)/t22-/m1/s1. The molecule has 37 heavy (non-hydrogen) atoms. The van der Waals surface area contributed by atoms with Crippen LogP contribution in [0.3, 0.4) is 0 Å². The van der Waals surface area contributed by atoms with Gasteiger partial charge in [0.05, 0.1) is 32.5 Å². The Labute approximate surface area is 218 Å². The maximum atomic E-state index is 13.9. The highest BCUT2D eigenvalue weighted by molar-refractivity contribution is 9.10. The summed E-state index contributed by atoms with van der Waals surface area (Å²) in [4.78, 5) is 26.8. The number of hydrogen-bond acceptors (Lipinski definition) is 6. The number of halogens is 4. The minimum Gasteiger partial charge on any atom is -0.493 e. The van der Waals surface area contributed by atoms with Gasteiger partial charge < -0.3 is 19.5 Å². The number of fused-ring (bicyclic) bond motifs is 1. The van der Waals surface area contributed by atoms with Crippen LogP contribution in [0.1, 0.15) is 38.0 Å². The van der Waals surface area contributed by atoms with Gasteiger partial charge in [-0.05, 0) is 36.4 Å². The molecule has 0 saturated heterocycles. The first-order valence-electron chi connectivity index (χ1n) is 10.8.